The van der Waals surface area contributed by atoms with Gasteiger partial charge in [-0.25, -0.2) is 0 Å². The largest absolute Gasteiger partial charge is 0.333 e. The molecule has 0 aliphatic carbocycles. The van der Waals surface area contributed by atoms with Gasteiger partial charge in [0.25, 0.3) is 5.91 Å². The van der Waals surface area contributed by atoms with Crippen molar-refractivity contribution >= 4 is 17.2 Å². The van der Waals surface area contributed by atoms with E-state index in [-0.39, 0.29) is 11.8 Å². The van der Waals surface area contributed by atoms with E-state index in [9.17, 15) is 10.1 Å². The molecule has 1 aromatic rings. The van der Waals surface area contributed by atoms with E-state index in [1.807, 2.05) is 25.3 Å². The lowest BCUT2D eigenvalue weighted by Gasteiger charge is -2.28. The van der Waals surface area contributed by atoms with Crippen LogP contribution in [0.3, 0.4) is 0 Å². The molecule has 1 aromatic heterocycles. The molecule has 1 rings (SSSR count). The number of nitrogens with zero attached hydrogens (tertiary/aromatic N) is 1. The van der Waals surface area contributed by atoms with Crippen LogP contribution in [0.4, 0.5) is 0 Å². The van der Waals surface area contributed by atoms with Crippen molar-refractivity contribution in [1.82, 2.24) is 5.32 Å². The smallest absolute Gasteiger partial charge is 0.276 e. The van der Waals surface area contributed by atoms with Crippen molar-refractivity contribution in [2.75, 3.05) is 13.1 Å². The molecule has 2 N–H and O–H groups in total. The lowest BCUT2D eigenvalue weighted by molar-refractivity contribution is -0.903. The fourth-order valence-corrected chi connectivity index (χ4v) is 2.61. The number of quaternary nitrogens is 1. The van der Waals surface area contributed by atoms with E-state index in [0.29, 0.717) is 6.54 Å². The zero-order valence-electron chi connectivity index (χ0n) is 12.7. The van der Waals surface area contributed by atoms with Crippen LogP contribution >= 0.6 is 11.3 Å². The minimum absolute atomic E-state index is 0.0591. The Morgan fingerprint density at radius 3 is 2.75 bits per heavy atom. The molecular weight excluding hydrogens is 270 g/mol. The molecule has 1 unspecified atom stereocenters. The van der Waals surface area contributed by atoms with Crippen LogP contribution in [0.5, 0.6) is 0 Å². The van der Waals surface area contributed by atoms with Crippen molar-refractivity contribution in [2.24, 2.45) is 5.92 Å². The number of amides is 1. The molecule has 2 atom stereocenters. The van der Waals surface area contributed by atoms with Gasteiger partial charge in [0.2, 0.25) is 0 Å². The van der Waals surface area contributed by atoms with Crippen molar-refractivity contribution in [3.63, 3.8) is 0 Å². The van der Waals surface area contributed by atoms with E-state index in [1.54, 1.807) is 18.3 Å². The van der Waals surface area contributed by atoms with Crippen LogP contribution in [-0.2, 0) is 11.3 Å². The molecule has 110 valence electrons. The average molecular weight is 294 g/mol. The molecule has 20 heavy (non-hydrogen) atoms. The van der Waals surface area contributed by atoms with Crippen LogP contribution < -0.4 is 10.2 Å². The van der Waals surface area contributed by atoms with Gasteiger partial charge in [-0.05, 0) is 31.2 Å². The number of hydrogen-bond donors (Lipinski definition) is 2. The summed E-state index contributed by atoms with van der Waals surface area (Å²) >= 11 is 1.71. The van der Waals surface area contributed by atoms with Crippen LogP contribution in [0, 0.1) is 17.2 Å². The van der Waals surface area contributed by atoms with E-state index in [1.165, 1.54) is 9.78 Å². The van der Waals surface area contributed by atoms with Gasteiger partial charge in [-0.15, -0.1) is 11.3 Å². The molecule has 0 spiro atoms. The summed E-state index contributed by atoms with van der Waals surface area (Å²) < 4.78 is 0. The molecule has 0 aliphatic rings. The highest BCUT2D eigenvalue weighted by molar-refractivity contribution is 7.09. The molecule has 4 nitrogen and oxygen atoms in total. The first-order chi connectivity index (χ1) is 9.41. The molecule has 0 saturated carbocycles. The maximum atomic E-state index is 12.1. The minimum Gasteiger partial charge on any atom is -0.333 e. The Morgan fingerprint density at radius 1 is 1.60 bits per heavy atom. The first-order valence-corrected chi connectivity index (χ1v) is 7.87. The summed E-state index contributed by atoms with van der Waals surface area (Å²) in [5.41, 5.74) is -0.793. The van der Waals surface area contributed by atoms with Crippen molar-refractivity contribution < 1.29 is 9.69 Å². The highest BCUT2D eigenvalue weighted by Gasteiger charge is 2.31. The average Bonchev–Trinajstić information content (AvgIpc) is 2.90. The normalized spacial score (nSPS) is 15.4. The van der Waals surface area contributed by atoms with E-state index in [0.717, 1.165) is 13.1 Å². The number of carbonyl (C=O) groups is 1. The summed E-state index contributed by atoms with van der Waals surface area (Å²) in [5, 5.41) is 14.2. The van der Waals surface area contributed by atoms with Crippen LogP contribution in [0.25, 0.3) is 0 Å². The van der Waals surface area contributed by atoms with Crippen LogP contribution in [0.15, 0.2) is 17.5 Å². The Labute approximate surface area is 125 Å². The van der Waals surface area contributed by atoms with Gasteiger partial charge in [-0.2, -0.15) is 5.26 Å². The fraction of sp³-hybridized carbons (Fsp3) is 0.600. The van der Waals surface area contributed by atoms with Gasteiger partial charge in [-0.3, -0.25) is 4.79 Å². The number of likely N-dealkylation sites (N-methyl/N-ethyl adjacent to an activating group) is 1. The number of nitriles is 1. The van der Waals surface area contributed by atoms with Crippen molar-refractivity contribution in [3.8, 4) is 6.07 Å². The van der Waals surface area contributed by atoms with Gasteiger partial charge in [0.15, 0.2) is 6.54 Å². The van der Waals surface area contributed by atoms with E-state index in [4.69, 9.17) is 0 Å². The SMILES string of the molecule is CC[NH+](CC(=O)N[C@](C)(C#N)C(C)C)Cc1cccs1. The molecule has 5 heteroatoms. The van der Waals surface area contributed by atoms with Gasteiger partial charge < -0.3 is 10.2 Å². The third kappa shape index (κ3) is 4.62. The van der Waals surface area contributed by atoms with E-state index in [2.05, 4.69) is 24.4 Å². The molecule has 1 amide bonds. The number of carbonyl (C=O) groups excluding carboxylic acids is 1. The van der Waals surface area contributed by atoms with Crippen LogP contribution in [0.2, 0.25) is 0 Å². The number of rotatable bonds is 7. The van der Waals surface area contributed by atoms with Gasteiger partial charge in [-0.1, -0.05) is 19.9 Å². The highest BCUT2D eigenvalue weighted by atomic mass is 32.1. The van der Waals surface area contributed by atoms with Crippen molar-refractivity contribution in [3.05, 3.63) is 22.4 Å². The number of hydrogen-bond acceptors (Lipinski definition) is 3. The van der Waals surface area contributed by atoms with Gasteiger partial charge in [0, 0.05) is 0 Å². The molecule has 0 aliphatic heterocycles. The molecule has 0 fully saturated rings. The molecule has 0 radical (unpaired) electrons. The molecule has 0 bridgehead atoms. The maximum Gasteiger partial charge on any atom is 0.276 e. The summed E-state index contributed by atoms with van der Waals surface area (Å²) in [4.78, 5) is 14.6. The van der Waals surface area contributed by atoms with Crippen molar-refractivity contribution in [1.29, 1.82) is 5.26 Å². The van der Waals surface area contributed by atoms with Gasteiger partial charge in [0.1, 0.15) is 12.1 Å². The first-order valence-electron chi connectivity index (χ1n) is 6.99. The molecule has 1 heterocycles. The standard InChI is InChI=1S/C15H23N3OS/c1-5-18(9-13-7-6-8-20-13)10-14(19)17-15(4,11-16)12(2)3/h6-8,12H,5,9-10H2,1-4H3,(H,17,19)/p+1/t15-/m1/s1. The molecule has 0 aromatic carbocycles. The van der Waals surface area contributed by atoms with E-state index >= 15 is 0 Å². The quantitative estimate of drug-likeness (QED) is 0.794. The zero-order valence-corrected chi connectivity index (χ0v) is 13.5. The maximum absolute atomic E-state index is 12.1. The zero-order chi connectivity index (χ0) is 15.2. The Hall–Kier alpha value is -1.38. The topological polar surface area (TPSA) is 57.3 Å². The highest BCUT2D eigenvalue weighted by Crippen LogP contribution is 2.14. The second-order valence-electron chi connectivity index (χ2n) is 5.55. The molecule has 0 saturated heterocycles. The lowest BCUT2D eigenvalue weighted by Crippen LogP contribution is -3.11. The summed E-state index contributed by atoms with van der Waals surface area (Å²) in [6.07, 6.45) is 0. The fourth-order valence-electron chi connectivity index (χ4n) is 1.83. The second-order valence-corrected chi connectivity index (χ2v) is 6.59. The summed E-state index contributed by atoms with van der Waals surface area (Å²) in [6, 6.07) is 6.32. The van der Waals surface area contributed by atoms with Gasteiger partial charge >= 0.3 is 0 Å². The summed E-state index contributed by atoms with van der Waals surface area (Å²) in [5.74, 6) is 0.0231. The Morgan fingerprint density at radius 2 is 2.30 bits per heavy atom. The summed E-state index contributed by atoms with van der Waals surface area (Å²) in [7, 11) is 0. The number of thiophene rings is 1. The van der Waals surface area contributed by atoms with E-state index < -0.39 is 5.54 Å². The van der Waals surface area contributed by atoms with Crippen molar-refractivity contribution in [2.45, 2.75) is 39.8 Å². The Balaban J connectivity index is 2.57. The van der Waals surface area contributed by atoms with Crippen LogP contribution in [-0.4, -0.2) is 24.5 Å². The summed E-state index contributed by atoms with van der Waals surface area (Å²) in [6.45, 7) is 9.88. The lowest BCUT2D eigenvalue weighted by atomic mass is 9.90. The predicted molar refractivity (Wildman–Crippen MR) is 81.4 cm³/mol. The Kier molecular flexibility index (Phi) is 6.18. The first kappa shape index (κ1) is 16.7. The third-order valence-corrected chi connectivity index (χ3v) is 4.58. The Bertz CT molecular complexity index is 464. The molecular formula is C15H24N3OS+. The monoisotopic (exact) mass is 294 g/mol. The second kappa shape index (κ2) is 7.41. The van der Waals surface area contributed by atoms with Gasteiger partial charge in [0.05, 0.1) is 17.5 Å². The number of nitrogens with one attached hydrogen (secondary N) is 2. The minimum atomic E-state index is -0.793. The van der Waals surface area contributed by atoms with Crippen LogP contribution in [0.1, 0.15) is 32.6 Å². The third-order valence-electron chi connectivity index (χ3n) is 3.70. The predicted octanol–water partition coefficient (Wildman–Crippen LogP) is 1.21.